The van der Waals surface area contributed by atoms with Gasteiger partial charge in [-0.15, -0.1) is 0 Å². The molecule has 0 aromatic heterocycles. The summed E-state index contributed by atoms with van der Waals surface area (Å²) in [6.45, 7) is 4.11. The van der Waals surface area contributed by atoms with Gasteiger partial charge in [0.05, 0.1) is 23.5 Å². The van der Waals surface area contributed by atoms with E-state index in [4.69, 9.17) is 11.6 Å². The third-order valence-corrected chi connectivity index (χ3v) is 7.11. The number of fused-ring (bicyclic) bond motifs is 1. The van der Waals surface area contributed by atoms with Gasteiger partial charge < -0.3 is 20.4 Å². The molecule has 3 aromatic rings. The van der Waals surface area contributed by atoms with Crippen molar-refractivity contribution in [2.75, 3.05) is 62.4 Å². The highest BCUT2D eigenvalue weighted by Gasteiger charge is 2.29. The van der Waals surface area contributed by atoms with Gasteiger partial charge in [-0.25, -0.2) is 0 Å². The molecule has 7 nitrogen and oxygen atoms in total. The van der Waals surface area contributed by atoms with Crippen LogP contribution in [0.3, 0.4) is 0 Å². The highest BCUT2D eigenvalue weighted by molar-refractivity contribution is 6.38. The average Bonchev–Trinajstić information content (AvgIpc) is 3.23. The Labute approximate surface area is 222 Å². The molecule has 2 amide bonds. The van der Waals surface area contributed by atoms with Gasteiger partial charge in [0.25, 0.3) is 5.91 Å². The number of rotatable bonds is 6. The minimum Gasteiger partial charge on any atom is -0.354 e. The van der Waals surface area contributed by atoms with Crippen molar-refractivity contribution in [2.24, 2.45) is 0 Å². The second-order valence-corrected chi connectivity index (χ2v) is 9.90. The summed E-state index contributed by atoms with van der Waals surface area (Å²) >= 11 is 6.17. The SMILES string of the molecule is CN1CCN(CC(=O)N(C)c2cccc(NC(=C3C(=O)Nc4cc(Cl)ccc43)c3ccccc3)c2)CC1. The van der Waals surface area contributed by atoms with E-state index in [1.807, 2.05) is 60.7 Å². The second-order valence-electron chi connectivity index (χ2n) is 9.47. The fourth-order valence-electron chi connectivity index (χ4n) is 4.66. The molecule has 3 aromatic carbocycles. The number of anilines is 3. The summed E-state index contributed by atoms with van der Waals surface area (Å²) in [5, 5.41) is 6.97. The predicted molar refractivity (Wildman–Crippen MR) is 151 cm³/mol. The molecule has 2 aliphatic rings. The van der Waals surface area contributed by atoms with Crippen LogP contribution in [-0.4, -0.2) is 68.4 Å². The van der Waals surface area contributed by atoms with Gasteiger partial charge in [-0.2, -0.15) is 0 Å². The summed E-state index contributed by atoms with van der Waals surface area (Å²) < 4.78 is 0. The first-order chi connectivity index (χ1) is 17.9. The lowest BCUT2D eigenvalue weighted by Crippen LogP contribution is -2.48. The van der Waals surface area contributed by atoms with E-state index in [9.17, 15) is 9.59 Å². The lowest BCUT2D eigenvalue weighted by Gasteiger charge is -2.32. The van der Waals surface area contributed by atoms with Crippen molar-refractivity contribution in [1.29, 1.82) is 0 Å². The van der Waals surface area contributed by atoms with Crippen LogP contribution in [0.25, 0.3) is 11.3 Å². The van der Waals surface area contributed by atoms with Crippen molar-refractivity contribution < 1.29 is 9.59 Å². The Morgan fingerprint density at radius 3 is 2.51 bits per heavy atom. The molecule has 0 unspecified atom stereocenters. The van der Waals surface area contributed by atoms with Gasteiger partial charge in [0.1, 0.15) is 0 Å². The maximum Gasteiger partial charge on any atom is 0.258 e. The largest absolute Gasteiger partial charge is 0.354 e. The first kappa shape index (κ1) is 25.0. The normalized spacial score (nSPS) is 17.2. The van der Waals surface area contributed by atoms with E-state index in [0.29, 0.717) is 28.5 Å². The molecule has 0 spiro atoms. The maximum absolute atomic E-state index is 13.1. The number of hydrogen-bond donors (Lipinski definition) is 2. The van der Waals surface area contributed by atoms with E-state index in [-0.39, 0.29) is 11.8 Å². The first-order valence-corrected chi connectivity index (χ1v) is 12.7. The second kappa shape index (κ2) is 10.8. The van der Waals surface area contributed by atoms with Crippen LogP contribution in [0.1, 0.15) is 11.1 Å². The van der Waals surface area contributed by atoms with Crippen LogP contribution >= 0.6 is 11.6 Å². The molecular weight excluding hydrogens is 486 g/mol. The molecule has 0 aliphatic carbocycles. The fraction of sp³-hybridized carbons (Fsp3) is 0.241. The molecule has 37 heavy (non-hydrogen) atoms. The van der Waals surface area contributed by atoms with E-state index in [1.165, 1.54) is 0 Å². The van der Waals surface area contributed by atoms with E-state index < -0.39 is 0 Å². The Morgan fingerprint density at radius 2 is 1.76 bits per heavy atom. The summed E-state index contributed by atoms with van der Waals surface area (Å²) in [7, 11) is 3.91. The van der Waals surface area contributed by atoms with Crippen molar-refractivity contribution in [3.05, 3.63) is 88.9 Å². The maximum atomic E-state index is 13.1. The van der Waals surface area contributed by atoms with Gasteiger partial charge in [-0.05, 0) is 42.9 Å². The third kappa shape index (κ3) is 5.54. The summed E-state index contributed by atoms with van der Waals surface area (Å²) in [5.41, 5.74) is 5.14. The van der Waals surface area contributed by atoms with E-state index >= 15 is 0 Å². The molecule has 0 saturated carbocycles. The number of nitrogens with zero attached hydrogens (tertiary/aromatic N) is 3. The predicted octanol–water partition coefficient (Wildman–Crippen LogP) is 4.48. The quantitative estimate of drug-likeness (QED) is 0.474. The molecule has 2 heterocycles. The van der Waals surface area contributed by atoms with Crippen LogP contribution in [0.5, 0.6) is 0 Å². The minimum absolute atomic E-state index is 0.0457. The van der Waals surface area contributed by atoms with Crippen LogP contribution < -0.4 is 15.5 Å². The van der Waals surface area contributed by atoms with E-state index in [2.05, 4.69) is 27.5 Å². The standard InChI is InChI=1S/C29H30ClN5O2/c1-33-13-15-35(16-14-33)19-26(36)34(2)23-10-6-9-22(18-23)31-28(20-7-4-3-5-8-20)27-24-12-11-21(30)17-25(24)32-29(27)37/h3-12,17-18,31H,13-16,19H2,1-2H3,(H,32,37). The van der Waals surface area contributed by atoms with Crippen LogP contribution in [0.2, 0.25) is 5.02 Å². The summed E-state index contributed by atoms with van der Waals surface area (Å²) in [4.78, 5) is 32.3. The molecule has 1 fully saturated rings. The Morgan fingerprint density at radius 1 is 1.00 bits per heavy atom. The van der Waals surface area contributed by atoms with Crippen LogP contribution in [-0.2, 0) is 9.59 Å². The minimum atomic E-state index is -0.195. The Kier molecular flexibility index (Phi) is 7.28. The number of carbonyl (C=O) groups is 2. The topological polar surface area (TPSA) is 67.9 Å². The molecule has 8 heteroatoms. The smallest absolute Gasteiger partial charge is 0.258 e. The number of likely N-dealkylation sites (N-methyl/N-ethyl adjacent to an activating group) is 2. The monoisotopic (exact) mass is 515 g/mol. The van der Waals surface area contributed by atoms with Gasteiger partial charge in [-0.3, -0.25) is 14.5 Å². The number of halogens is 1. The Balaban J connectivity index is 1.43. The fourth-order valence-corrected chi connectivity index (χ4v) is 4.83. The summed E-state index contributed by atoms with van der Waals surface area (Å²) in [6, 6.07) is 22.8. The van der Waals surface area contributed by atoms with Crippen LogP contribution in [0.15, 0.2) is 72.8 Å². The molecule has 2 N–H and O–H groups in total. The lowest BCUT2D eigenvalue weighted by atomic mass is 10.00. The molecule has 1 saturated heterocycles. The van der Waals surface area contributed by atoms with Crippen molar-refractivity contribution in [1.82, 2.24) is 9.80 Å². The van der Waals surface area contributed by atoms with Crippen molar-refractivity contribution in [2.45, 2.75) is 0 Å². The summed E-state index contributed by atoms with van der Waals surface area (Å²) in [6.07, 6.45) is 0. The van der Waals surface area contributed by atoms with Gasteiger partial charge in [0, 0.05) is 55.2 Å². The van der Waals surface area contributed by atoms with Gasteiger partial charge >= 0.3 is 0 Å². The van der Waals surface area contributed by atoms with E-state index in [0.717, 1.165) is 48.7 Å². The molecule has 0 bridgehead atoms. The zero-order valence-electron chi connectivity index (χ0n) is 21.0. The molecule has 0 radical (unpaired) electrons. The molecule has 5 rings (SSSR count). The van der Waals surface area contributed by atoms with E-state index in [1.54, 1.807) is 24.1 Å². The highest BCUT2D eigenvalue weighted by Crippen LogP contribution is 2.39. The van der Waals surface area contributed by atoms with Crippen molar-refractivity contribution in [3.8, 4) is 0 Å². The number of amides is 2. The zero-order valence-corrected chi connectivity index (χ0v) is 21.8. The Hall–Kier alpha value is -3.65. The van der Waals surface area contributed by atoms with Gasteiger partial charge in [0.15, 0.2) is 0 Å². The molecular formula is C29H30ClN5O2. The number of piperazine rings is 1. The lowest BCUT2D eigenvalue weighted by molar-refractivity contribution is -0.119. The molecule has 0 atom stereocenters. The van der Waals surface area contributed by atoms with Crippen LogP contribution in [0, 0.1) is 0 Å². The Bertz CT molecular complexity index is 1350. The zero-order chi connectivity index (χ0) is 25.9. The third-order valence-electron chi connectivity index (χ3n) is 6.87. The van der Waals surface area contributed by atoms with Crippen LogP contribution in [0.4, 0.5) is 17.1 Å². The van der Waals surface area contributed by atoms with Crippen molar-refractivity contribution in [3.63, 3.8) is 0 Å². The average molecular weight is 516 g/mol. The number of carbonyl (C=O) groups excluding carboxylic acids is 2. The first-order valence-electron chi connectivity index (χ1n) is 12.3. The number of hydrogen-bond acceptors (Lipinski definition) is 5. The van der Waals surface area contributed by atoms with Crippen molar-refractivity contribution >= 4 is 51.7 Å². The van der Waals surface area contributed by atoms with Gasteiger partial charge in [0.2, 0.25) is 5.91 Å². The van der Waals surface area contributed by atoms with Gasteiger partial charge in [-0.1, -0.05) is 54.1 Å². The number of nitrogens with one attached hydrogen (secondary N) is 2. The molecule has 190 valence electrons. The number of benzene rings is 3. The molecule has 2 aliphatic heterocycles. The highest BCUT2D eigenvalue weighted by atomic mass is 35.5. The summed E-state index contributed by atoms with van der Waals surface area (Å²) in [5.74, 6) is -0.149.